The van der Waals surface area contributed by atoms with Gasteiger partial charge in [0.05, 0.1) is 12.4 Å². The van der Waals surface area contributed by atoms with Crippen molar-refractivity contribution in [3.05, 3.63) is 35.4 Å². The topological polar surface area (TPSA) is 57.6 Å². The summed E-state index contributed by atoms with van der Waals surface area (Å²) in [6.07, 6.45) is 1.70. The number of nitrogens with zero attached hydrogens (tertiary/aromatic N) is 1. The van der Waals surface area contributed by atoms with E-state index >= 15 is 0 Å². The molecular weight excluding hydrogens is 238 g/mol. The third-order valence-corrected chi connectivity index (χ3v) is 4.92. The summed E-state index contributed by atoms with van der Waals surface area (Å²) in [6, 6.07) is 7.39. The summed E-state index contributed by atoms with van der Waals surface area (Å²) >= 11 is 0. The van der Waals surface area contributed by atoms with Gasteiger partial charge in [-0.3, -0.25) is 0 Å². The summed E-state index contributed by atoms with van der Waals surface area (Å²) in [7, 11) is -3.05. The minimum atomic E-state index is -3.05. The molecule has 1 aromatic carbocycles. The summed E-state index contributed by atoms with van der Waals surface area (Å²) in [5.41, 5.74) is 1.81. The molecule has 0 bridgehead atoms. The van der Waals surface area contributed by atoms with E-state index < -0.39 is 10.0 Å². The van der Waals surface area contributed by atoms with Crippen LogP contribution in [-0.4, -0.2) is 30.1 Å². The van der Waals surface area contributed by atoms with Crippen LogP contribution in [0.2, 0.25) is 0 Å². The van der Waals surface area contributed by atoms with Crippen LogP contribution in [0.4, 0.5) is 0 Å². The molecule has 0 spiro atoms. The van der Waals surface area contributed by atoms with E-state index in [4.69, 9.17) is 5.11 Å². The van der Waals surface area contributed by atoms with Gasteiger partial charge in [-0.25, -0.2) is 8.42 Å². The number of aliphatic hydroxyl groups excluding tert-OH is 1. The Bertz CT molecular complexity index is 467. The second-order valence-electron chi connectivity index (χ2n) is 4.33. The molecule has 0 aromatic heterocycles. The highest BCUT2D eigenvalue weighted by atomic mass is 32.2. The Morgan fingerprint density at radius 3 is 2.35 bits per heavy atom. The van der Waals surface area contributed by atoms with Crippen molar-refractivity contribution in [2.24, 2.45) is 0 Å². The lowest BCUT2D eigenvalue weighted by Gasteiger charge is -2.26. The van der Waals surface area contributed by atoms with Gasteiger partial charge in [-0.1, -0.05) is 24.3 Å². The van der Waals surface area contributed by atoms with Crippen LogP contribution in [0.25, 0.3) is 0 Å². The van der Waals surface area contributed by atoms with Crippen LogP contribution >= 0.6 is 0 Å². The largest absolute Gasteiger partial charge is 0.392 e. The van der Waals surface area contributed by atoms with Crippen molar-refractivity contribution in [2.75, 3.05) is 12.3 Å². The Morgan fingerprint density at radius 1 is 1.12 bits per heavy atom. The Hall–Kier alpha value is -0.910. The Balaban J connectivity index is 2.09. The lowest BCUT2D eigenvalue weighted by molar-refractivity contribution is 0.282. The molecule has 1 saturated heterocycles. The molecule has 0 amide bonds. The summed E-state index contributed by atoms with van der Waals surface area (Å²) in [5.74, 6) is 0.266. The number of aliphatic hydroxyl groups is 1. The maximum absolute atomic E-state index is 11.8. The minimum Gasteiger partial charge on any atom is -0.392 e. The molecular formula is C12H17NO3S. The first-order chi connectivity index (χ1) is 8.12. The number of sulfonamides is 1. The van der Waals surface area contributed by atoms with Gasteiger partial charge >= 0.3 is 0 Å². The minimum absolute atomic E-state index is 0.0162. The smallest absolute Gasteiger partial charge is 0.214 e. The molecule has 1 fully saturated rings. The van der Waals surface area contributed by atoms with Crippen molar-refractivity contribution in [3.8, 4) is 0 Å². The van der Waals surface area contributed by atoms with Crippen LogP contribution in [0.1, 0.15) is 24.0 Å². The maximum atomic E-state index is 11.8. The predicted molar refractivity (Wildman–Crippen MR) is 65.8 cm³/mol. The number of rotatable bonds is 3. The van der Waals surface area contributed by atoms with Crippen molar-refractivity contribution in [2.45, 2.75) is 26.0 Å². The summed E-state index contributed by atoms with van der Waals surface area (Å²) in [5, 5.41) is 8.93. The van der Waals surface area contributed by atoms with Crippen LogP contribution < -0.4 is 0 Å². The molecule has 2 rings (SSSR count). The fraction of sp³-hybridized carbons (Fsp3) is 0.500. The quantitative estimate of drug-likeness (QED) is 0.880. The fourth-order valence-corrected chi connectivity index (χ4v) is 3.55. The number of hydrogen-bond acceptors (Lipinski definition) is 3. The molecule has 94 valence electrons. The third-order valence-electron chi connectivity index (χ3n) is 3.02. The SMILES string of the molecule is O=S1(=O)CCCCN1Cc1ccc(CO)cc1. The van der Waals surface area contributed by atoms with E-state index in [9.17, 15) is 8.42 Å². The van der Waals surface area contributed by atoms with E-state index in [1.165, 1.54) is 0 Å². The number of benzene rings is 1. The van der Waals surface area contributed by atoms with Gasteiger partial charge in [0, 0.05) is 13.1 Å². The number of hydrogen-bond donors (Lipinski definition) is 1. The van der Waals surface area contributed by atoms with Gasteiger partial charge in [0.25, 0.3) is 0 Å². The van der Waals surface area contributed by atoms with E-state index in [0.717, 1.165) is 24.0 Å². The van der Waals surface area contributed by atoms with Gasteiger partial charge in [-0.15, -0.1) is 0 Å². The molecule has 0 aliphatic carbocycles. The van der Waals surface area contributed by atoms with E-state index in [1.807, 2.05) is 24.3 Å². The average molecular weight is 255 g/mol. The molecule has 0 atom stereocenters. The first-order valence-corrected chi connectivity index (χ1v) is 7.39. The molecule has 1 N–H and O–H groups in total. The van der Waals surface area contributed by atoms with Gasteiger partial charge in [-0.05, 0) is 24.0 Å². The van der Waals surface area contributed by atoms with E-state index in [2.05, 4.69) is 0 Å². The maximum Gasteiger partial charge on any atom is 0.214 e. The van der Waals surface area contributed by atoms with Crippen LogP contribution in [-0.2, 0) is 23.2 Å². The molecule has 1 aliphatic rings. The predicted octanol–water partition coefficient (Wildman–Crippen LogP) is 1.10. The fourth-order valence-electron chi connectivity index (χ4n) is 1.97. The van der Waals surface area contributed by atoms with Crippen LogP contribution in [0.15, 0.2) is 24.3 Å². The van der Waals surface area contributed by atoms with E-state index in [-0.39, 0.29) is 12.4 Å². The van der Waals surface area contributed by atoms with Gasteiger partial charge in [0.15, 0.2) is 0 Å². The molecule has 0 radical (unpaired) electrons. The Morgan fingerprint density at radius 2 is 1.76 bits per heavy atom. The van der Waals surface area contributed by atoms with Gasteiger partial charge in [-0.2, -0.15) is 4.31 Å². The Labute approximate surface area is 102 Å². The van der Waals surface area contributed by atoms with Crippen molar-refractivity contribution in [1.82, 2.24) is 4.31 Å². The van der Waals surface area contributed by atoms with Gasteiger partial charge in [0.2, 0.25) is 10.0 Å². The molecule has 1 aromatic rings. The van der Waals surface area contributed by atoms with Crippen molar-refractivity contribution in [3.63, 3.8) is 0 Å². The highest BCUT2D eigenvalue weighted by Crippen LogP contribution is 2.17. The van der Waals surface area contributed by atoms with E-state index in [1.54, 1.807) is 4.31 Å². The molecule has 0 saturated carbocycles. The van der Waals surface area contributed by atoms with E-state index in [0.29, 0.717) is 13.1 Å². The zero-order chi connectivity index (χ0) is 12.3. The lowest BCUT2D eigenvalue weighted by Crippen LogP contribution is -2.37. The molecule has 1 aliphatic heterocycles. The van der Waals surface area contributed by atoms with Crippen LogP contribution in [0.3, 0.4) is 0 Å². The second kappa shape index (κ2) is 5.16. The first kappa shape index (κ1) is 12.5. The van der Waals surface area contributed by atoms with Gasteiger partial charge < -0.3 is 5.11 Å². The molecule has 5 heteroatoms. The third kappa shape index (κ3) is 3.06. The van der Waals surface area contributed by atoms with Crippen LogP contribution in [0.5, 0.6) is 0 Å². The molecule has 17 heavy (non-hydrogen) atoms. The lowest BCUT2D eigenvalue weighted by atomic mass is 10.1. The zero-order valence-corrected chi connectivity index (χ0v) is 10.5. The monoisotopic (exact) mass is 255 g/mol. The second-order valence-corrected chi connectivity index (χ2v) is 6.42. The Kier molecular flexibility index (Phi) is 3.81. The summed E-state index contributed by atoms with van der Waals surface area (Å²) in [6.45, 7) is 1.07. The summed E-state index contributed by atoms with van der Waals surface area (Å²) < 4.78 is 25.1. The zero-order valence-electron chi connectivity index (χ0n) is 9.67. The molecule has 4 nitrogen and oxygen atoms in total. The standard InChI is InChI=1S/C12H17NO3S/c14-10-12-5-3-11(4-6-12)9-13-7-1-2-8-17(13,15)16/h3-6,14H,1-2,7-10H2. The van der Waals surface area contributed by atoms with Crippen molar-refractivity contribution < 1.29 is 13.5 Å². The highest BCUT2D eigenvalue weighted by molar-refractivity contribution is 7.89. The highest BCUT2D eigenvalue weighted by Gasteiger charge is 2.25. The van der Waals surface area contributed by atoms with Crippen LogP contribution in [0, 0.1) is 0 Å². The van der Waals surface area contributed by atoms with Crippen molar-refractivity contribution >= 4 is 10.0 Å². The average Bonchev–Trinajstić information content (AvgIpc) is 2.33. The molecule has 0 unspecified atom stereocenters. The molecule has 1 heterocycles. The summed E-state index contributed by atoms with van der Waals surface area (Å²) in [4.78, 5) is 0. The van der Waals surface area contributed by atoms with Crippen molar-refractivity contribution in [1.29, 1.82) is 0 Å². The first-order valence-electron chi connectivity index (χ1n) is 5.78. The normalized spacial score (nSPS) is 20.3. The van der Waals surface area contributed by atoms with Gasteiger partial charge in [0.1, 0.15) is 0 Å².